The maximum Gasteiger partial charge on any atom is 0.232 e. The number of hydrogen-bond donors (Lipinski definition) is 1. The molecule has 2 aliphatic rings. The summed E-state index contributed by atoms with van der Waals surface area (Å²) in [4.78, 5) is 32.8. The summed E-state index contributed by atoms with van der Waals surface area (Å²) >= 11 is 0. The van der Waals surface area contributed by atoms with Crippen LogP contribution in [0.15, 0.2) is 12.4 Å². The quantitative estimate of drug-likeness (QED) is 0.811. The molecule has 1 aromatic rings. The molecule has 2 heterocycles. The van der Waals surface area contributed by atoms with Gasteiger partial charge in [0.15, 0.2) is 0 Å². The van der Waals surface area contributed by atoms with Gasteiger partial charge in [0, 0.05) is 37.2 Å². The predicted molar refractivity (Wildman–Crippen MR) is 64.5 cm³/mol. The van der Waals surface area contributed by atoms with Crippen LogP contribution in [0, 0.1) is 11.8 Å². The maximum atomic E-state index is 12.1. The second-order valence-electron chi connectivity index (χ2n) is 5.17. The molecule has 5 heteroatoms. The molecule has 2 atom stereocenters. The monoisotopic (exact) mass is 247 g/mol. The molecule has 2 bridgehead atoms. The van der Waals surface area contributed by atoms with Crippen molar-refractivity contribution in [3.05, 3.63) is 18.2 Å². The average molecular weight is 247 g/mol. The number of carbonyl (C=O) groups excluding carboxylic acids is 2. The number of carbonyl (C=O) groups is 2. The van der Waals surface area contributed by atoms with Gasteiger partial charge in [0.25, 0.3) is 0 Å². The second-order valence-corrected chi connectivity index (χ2v) is 5.17. The molecule has 1 aromatic heterocycles. The van der Waals surface area contributed by atoms with Crippen molar-refractivity contribution in [2.75, 3.05) is 6.54 Å². The number of amides is 2. The van der Waals surface area contributed by atoms with Crippen LogP contribution in [0.4, 0.5) is 0 Å². The zero-order chi connectivity index (χ0) is 12.5. The van der Waals surface area contributed by atoms with E-state index in [1.54, 1.807) is 12.4 Å². The third kappa shape index (κ3) is 1.94. The van der Waals surface area contributed by atoms with E-state index in [-0.39, 0.29) is 23.7 Å². The number of piperidine rings is 1. The lowest BCUT2D eigenvalue weighted by Crippen LogP contribution is -2.46. The van der Waals surface area contributed by atoms with Crippen LogP contribution in [0.2, 0.25) is 0 Å². The summed E-state index contributed by atoms with van der Waals surface area (Å²) in [6.07, 6.45) is 7.63. The second kappa shape index (κ2) is 4.55. The van der Waals surface area contributed by atoms with Gasteiger partial charge in [-0.2, -0.15) is 0 Å². The van der Waals surface area contributed by atoms with Gasteiger partial charge in [-0.15, -0.1) is 0 Å². The van der Waals surface area contributed by atoms with Crippen LogP contribution < -0.4 is 0 Å². The summed E-state index contributed by atoms with van der Waals surface area (Å²) in [5.74, 6) is 1.23. The van der Waals surface area contributed by atoms with Crippen LogP contribution in [-0.4, -0.2) is 33.2 Å². The predicted octanol–water partition coefficient (Wildman–Crippen LogP) is 1.13. The Hall–Kier alpha value is -1.65. The molecule has 2 fully saturated rings. The average Bonchev–Trinajstić information content (AvgIpc) is 3.01. The fourth-order valence-corrected chi connectivity index (χ4v) is 3.04. The Balaban J connectivity index is 1.58. The lowest BCUT2D eigenvalue weighted by molar-refractivity contribution is -0.152. The number of H-pyrrole nitrogens is 1. The lowest BCUT2D eigenvalue weighted by atomic mass is 9.97. The first kappa shape index (κ1) is 11.4. The van der Waals surface area contributed by atoms with Crippen LogP contribution in [-0.2, 0) is 16.0 Å². The minimum absolute atomic E-state index is 0.0493. The number of rotatable bonds is 4. The Morgan fingerprint density at radius 3 is 2.61 bits per heavy atom. The van der Waals surface area contributed by atoms with Gasteiger partial charge >= 0.3 is 0 Å². The zero-order valence-corrected chi connectivity index (χ0v) is 10.3. The number of imidazole rings is 1. The molecule has 2 unspecified atom stereocenters. The smallest absolute Gasteiger partial charge is 0.232 e. The van der Waals surface area contributed by atoms with E-state index in [4.69, 9.17) is 0 Å². The molecule has 18 heavy (non-hydrogen) atoms. The molecule has 0 radical (unpaired) electrons. The van der Waals surface area contributed by atoms with Gasteiger partial charge in [-0.1, -0.05) is 0 Å². The molecule has 0 spiro atoms. The standard InChI is InChI=1S/C13H17N3O2/c17-12-9-3-4-10(8-9)13(18)16(12)7-1-2-11-14-5-6-15-11/h5-6,9-10H,1-4,7-8H2,(H,14,15). The molecule has 1 saturated heterocycles. The number of aryl methyl sites for hydroxylation is 1. The Morgan fingerprint density at radius 1 is 1.28 bits per heavy atom. The Labute approximate surface area is 106 Å². The number of aromatic nitrogens is 2. The van der Waals surface area contributed by atoms with Crippen molar-refractivity contribution in [1.82, 2.24) is 14.9 Å². The maximum absolute atomic E-state index is 12.1. The van der Waals surface area contributed by atoms with Crippen molar-refractivity contribution in [3.63, 3.8) is 0 Å². The number of nitrogens with zero attached hydrogens (tertiary/aromatic N) is 2. The molecule has 1 aliphatic carbocycles. The molecular formula is C13H17N3O2. The van der Waals surface area contributed by atoms with Crippen molar-refractivity contribution in [2.24, 2.45) is 11.8 Å². The van der Waals surface area contributed by atoms with Crippen molar-refractivity contribution < 1.29 is 9.59 Å². The Morgan fingerprint density at radius 2 is 2.00 bits per heavy atom. The lowest BCUT2D eigenvalue weighted by Gasteiger charge is -2.29. The van der Waals surface area contributed by atoms with Gasteiger partial charge in [-0.3, -0.25) is 14.5 Å². The highest BCUT2D eigenvalue weighted by Gasteiger charge is 2.44. The molecule has 1 N–H and O–H groups in total. The SMILES string of the molecule is O=C1C2CCC(C2)C(=O)N1CCCc1ncc[nH]1. The number of aromatic amines is 1. The molecule has 2 amide bonds. The summed E-state index contributed by atoms with van der Waals surface area (Å²) in [7, 11) is 0. The Bertz CT molecular complexity index is 433. The van der Waals surface area contributed by atoms with E-state index >= 15 is 0 Å². The molecule has 0 aromatic carbocycles. The third-order valence-corrected chi connectivity index (χ3v) is 4.01. The largest absolute Gasteiger partial charge is 0.349 e. The van der Waals surface area contributed by atoms with E-state index < -0.39 is 0 Å². The summed E-state index contributed by atoms with van der Waals surface area (Å²) in [5, 5.41) is 0. The number of fused-ring (bicyclic) bond motifs is 2. The first-order chi connectivity index (χ1) is 8.75. The first-order valence-electron chi connectivity index (χ1n) is 6.59. The van der Waals surface area contributed by atoms with Gasteiger partial charge in [0.2, 0.25) is 11.8 Å². The van der Waals surface area contributed by atoms with Crippen molar-refractivity contribution in [1.29, 1.82) is 0 Å². The molecular weight excluding hydrogens is 230 g/mol. The van der Waals surface area contributed by atoms with Crippen molar-refractivity contribution in [2.45, 2.75) is 32.1 Å². The summed E-state index contributed by atoms with van der Waals surface area (Å²) in [6, 6.07) is 0. The first-order valence-corrected chi connectivity index (χ1v) is 6.59. The minimum atomic E-state index is 0.0493. The molecule has 1 aliphatic heterocycles. The molecule has 1 saturated carbocycles. The fraction of sp³-hybridized carbons (Fsp3) is 0.615. The summed E-state index contributed by atoms with van der Waals surface area (Å²) < 4.78 is 0. The summed E-state index contributed by atoms with van der Waals surface area (Å²) in [5.41, 5.74) is 0. The van der Waals surface area contributed by atoms with Gasteiger partial charge < -0.3 is 4.98 Å². The third-order valence-electron chi connectivity index (χ3n) is 4.01. The van der Waals surface area contributed by atoms with Crippen LogP contribution in [0.3, 0.4) is 0 Å². The fourth-order valence-electron chi connectivity index (χ4n) is 3.04. The van der Waals surface area contributed by atoms with Gasteiger partial charge in [0.05, 0.1) is 0 Å². The molecule has 96 valence electrons. The van der Waals surface area contributed by atoms with Crippen LogP contribution in [0.5, 0.6) is 0 Å². The van der Waals surface area contributed by atoms with E-state index in [0.717, 1.165) is 37.9 Å². The zero-order valence-electron chi connectivity index (χ0n) is 10.3. The number of nitrogens with one attached hydrogen (secondary N) is 1. The highest BCUT2D eigenvalue weighted by molar-refractivity contribution is 6.00. The van der Waals surface area contributed by atoms with E-state index in [1.807, 2.05) is 0 Å². The highest BCUT2D eigenvalue weighted by Crippen LogP contribution is 2.38. The Kier molecular flexibility index (Phi) is 2.89. The normalized spacial score (nSPS) is 27.0. The van der Waals surface area contributed by atoms with Crippen LogP contribution >= 0.6 is 0 Å². The van der Waals surface area contributed by atoms with Gasteiger partial charge in [-0.05, 0) is 25.7 Å². The van der Waals surface area contributed by atoms with Crippen LogP contribution in [0.25, 0.3) is 0 Å². The van der Waals surface area contributed by atoms with Crippen molar-refractivity contribution in [3.8, 4) is 0 Å². The van der Waals surface area contributed by atoms with E-state index in [2.05, 4.69) is 9.97 Å². The van der Waals surface area contributed by atoms with Crippen LogP contribution in [0.1, 0.15) is 31.5 Å². The molecule has 5 nitrogen and oxygen atoms in total. The highest BCUT2D eigenvalue weighted by atomic mass is 16.2. The number of imide groups is 1. The number of likely N-dealkylation sites (tertiary alicyclic amines) is 1. The van der Waals surface area contributed by atoms with E-state index in [9.17, 15) is 9.59 Å². The van der Waals surface area contributed by atoms with Gasteiger partial charge in [-0.25, -0.2) is 4.98 Å². The molecule has 3 rings (SSSR count). The minimum Gasteiger partial charge on any atom is -0.349 e. The topological polar surface area (TPSA) is 66.1 Å². The van der Waals surface area contributed by atoms with Gasteiger partial charge in [0.1, 0.15) is 5.82 Å². The van der Waals surface area contributed by atoms with Crippen molar-refractivity contribution >= 4 is 11.8 Å². The van der Waals surface area contributed by atoms with E-state index in [1.165, 1.54) is 4.90 Å². The summed E-state index contributed by atoms with van der Waals surface area (Å²) in [6.45, 7) is 0.533. The number of hydrogen-bond acceptors (Lipinski definition) is 3. The van der Waals surface area contributed by atoms with E-state index in [0.29, 0.717) is 6.54 Å².